The molecule has 2 aromatic heterocycles. The predicted molar refractivity (Wildman–Crippen MR) is 74.7 cm³/mol. The van der Waals surface area contributed by atoms with Crippen molar-refractivity contribution < 1.29 is 0 Å². The van der Waals surface area contributed by atoms with Crippen molar-refractivity contribution in [1.82, 2.24) is 19.4 Å². The second-order valence-electron chi connectivity index (χ2n) is 5.34. The van der Waals surface area contributed by atoms with Gasteiger partial charge in [0, 0.05) is 43.8 Å². The third kappa shape index (κ3) is 2.84. The fourth-order valence-corrected chi connectivity index (χ4v) is 2.89. The molecule has 0 radical (unpaired) electrons. The Morgan fingerprint density at radius 3 is 2.53 bits per heavy atom. The minimum atomic E-state index is 0.668. The highest BCUT2D eigenvalue weighted by atomic mass is 15.1. The molecule has 100 valence electrons. The van der Waals surface area contributed by atoms with E-state index in [0.717, 1.165) is 19.6 Å². The van der Waals surface area contributed by atoms with E-state index in [9.17, 15) is 0 Å². The van der Waals surface area contributed by atoms with Gasteiger partial charge in [-0.05, 0) is 43.6 Å². The molecule has 0 N–H and O–H groups in total. The zero-order valence-electron chi connectivity index (χ0n) is 11.4. The van der Waals surface area contributed by atoms with E-state index in [1.54, 1.807) is 0 Å². The number of likely N-dealkylation sites (tertiary alicyclic amines) is 1. The molecule has 0 bridgehead atoms. The fraction of sp³-hybridized carbons (Fsp3) is 0.467. The molecule has 0 spiro atoms. The van der Waals surface area contributed by atoms with Crippen molar-refractivity contribution in [3.8, 4) is 0 Å². The lowest BCUT2D eigenvalue weighted by atomic mass is 9.93. The summed E-state index contributed by atoms with van der Waals surface area (Å²) in [6, 6.07) is 4.21. The SMILES string of the molecule is Cn1cncc1C1CCN(Cc2ccncc2)CC1. The van der Waals surface area contributed by atoms with Crippen LogP contribution in [0.5, 0.6) is 0 Å². The maximum absolute atomic E-state index is 4.23. The Balaban J connectivity index is 1.57. The van der Waals surface area contributed by atoms with Crippen molar-refractivity contribution in [1.29, 1.82) is 0 Å². The molecule has 1 aliphatic heterocycles. The van der Waals surface area contributed by atoms with Crippen molar-refractivity contribution in [2.24, 2.45) is 7.05 Å². The summed E-state index contributed by atoms with van der Waals surface area (Å²) < 4.78 is 2.16. The largest absolute Gasteiger partial charge is 0.337 e. The molecule has 1 saturated heterocycles. The van der Waals surface area contributed by atoms with E-state index >= 15 is 0 Å². The van der Waals surface area contributed by atoms with Gasteiger partial charge >= 0.3 is 0 Å². The van der Waals surface area contributed by atoms with Gasteiger partial charge < -0.3 is 4.57 Å². The first-order chi connectivity index (χ1) is 9.33. The van der Waals surface area contributed by atoms with Crippen LogP contribution in [0, 0.1) is 0 Å². The van der Waals surface area contributed by atoms with E-state index in [2.05, 4.69) is 38.6 Å². The third-order valence-corrected chi connectivity index (χ3v) is 4.02. The van der Waals surface area contributed by atoms with Gasteiger partial charge in [0.1, 0.15) is 0 Å². The third-order valence-electron chi connectivity index (χ3n) is 4.02. The van der Waals surface area contributed by atoms with E-state index in [1.807, 2.05) is 24.9 Å². The molecule has 4 heteroatoms. The lowest BCUT2D eigenvalue weighted by molar-refractivity contribution is 0.202. The van der Waals surface area contributed by atoms with Crippen LogP contribution >= 0.6 is 0 Å². The quantitative estimate of drug-likeness (QED) is 0.844. The van der Waals surface area contributed by atoms with Crippen molar-refractivity contribution >= 4 is 0 Å². The summed E-state index contributed by atoms with van der Waals surface area (Å²) in [5.41, 5.74) is 2.73. The van der Waals surface area contributed by atoms with Crippen molar-refractivity contribution in [2.45, 2.75) is 25.3 Å². The zero-order chi connectivity index (χ0) is 13.1. The Morgan fingerprint density at radius 2 is 1.89 bits per heavy atom. The minimum absolute atomic E-state index is 0.668. The molecule has 3 heterocycles. The molecule has 0 atom stereocenters. The van der Waals surface area contributed by atoms with Crippen LogP contribution in [0.4, 0.5) is 0 Å². The molecular formula is C15H20N4. The number of aryl methyl sites for hydroxylation is 1. The van der Waals surface area contributed by atoms with Gasteiger partial charge in [-0.1, -0.05) is 0 Å². The highest BCUT2D eigenvalue weighted by molar-refractivity contribution is 5.11. The van der Waals surface area contributed by atoms with Crippen LogP contribution in [0.1, 0.15) is 30.0 Å². The number of aromatic nitrogens is 3. The maximum atomic E-state index is 4.23. The first-order valence-electron chi connectivity index (χ1n) is 6.90. The summed E-state index contributed by atoms with van der Waals surface area (Å²) in [4.78, 5) is 10.8. The average molecular weight is 256 g/mol. The molecule has 0 aromatic carbocycles. The monoisotopic (exact) mass is 256 g/mol. The zero-order valence-corrected chi connectivity index (χ0v) is 11.4. The van der Waals surface area contributed by atoms with E-state index in [1.165, 1.54) is 24.1 Å². The van der Waals surface area contributed by atoms with Gasteiger partial charge in [-0.2, -0.15) is 0 Å². The molecule has 4 nitrogen and oxygen atoms in total. The van der Waals surface area contributed by atoms with Crippen LogP contribution in [0.3, 0.4) is 0 Å². The molecule has 19 heavy (non-hydrogen) atoms. The Kier molecular flexibility index (Phi) is 3.60. The summed E-state index contributed by atoms with van der Waals surface area (Å²) in [7, 11) is 2.09. The number of imidazole rings is 1. The first-order valence-corrected chi connectivity index (χ1v) is 6.90. The van der Waals surface area contributed by atoms with Crippen molar-refractivity contribution in [2.75, 3.05) is 13.1 Å². The van der Waals surface area contributed by atoms with Crippen molar-refractivity contribution in [3.63, 3.8) is 0 Å². The Labute approximate surface area is 114 Å². The topological polar surface area (TPSA) is 34.0 Å². The van der Waals surface area contributed by atoms with Gasteiger partial charge in [0.2, 0.25) is 0 Å². The standard InChI is InChI=1S/C15H20N4/c1-18-12-17-10-15(18)14-4-8-19(9-5-14)11-13-2-6-16-7-3-13/h2-3,6-7,10,12,14H,4-5,8-9,11H2,1H3. The van der Waals surface area contributed by atoms with Crippen LogP contribution in [-0.4, -0.2) is 32.5 Å². The summed E-state index contributed by atoms with van der Waals surface area (Å²) in [6.45, 7) is 3.37. The summed E-state index contributed by atoms with van der Waals surface area (Å²) in [5.74, 6) is 0.668. The first kappa shape index (κ1) is 12.4. The van der Waals surface area contributed by atoms with Gasteiger partial charge in [0.25, 0.3) is 0 Å². The Bertz CT molecular complexity index is 512. The molecule has 0 aliphatic carbocycles. The van der Waals surface area contributed by atoms with Gasteiger partial charge in [-0.25, -0.2) is 4.98 Å². The van der Waals surface area contributed by atoms with E-state index < -0.39 is 0 Å². The normalized spacial score (nSPS) is 17.7. The second-order valence-corrected chi connectivity index (χ2v) is 5.34. The number of nitrogens with zero attached hydrogens (tertiary/aromatic N) is 4. The maximum Gasteiger partial charge on any atom is 0.0945 e. The van der Waals surface area contributed by atoms with Crippen LogP contribution in [0.2, 0.25) is 0 Å². The van der Waals surface area contributed by atoms with Crippen LogP contribution in [0.25, 0.3) is 0 Å². The number of rotatable bonds is 3. The molecule has 1 fully saturated rings. The fourth-order valence-electron chi connectivity index (χ4n) is 2.89. The molecule has 2 aromatic rings. The van der Waals surface area contributed by atoms with Gasteiger partial charge in [0.05, 0.1) is 6.33 Å². The Morgan fingerprint density at radius 1 is 1.16 bits per heavy atom. The van der Waals surface area contributed by atoms with E-state index in [4.69, 9.17) is 0 Å². The van der Waals surface area contributed by atoms with Crippen LogP contribution in [0.15, 0.2) is 37.1 Å². The smallest absolute Gasteiger partial charge is 0.0945 e. The summed E-state index contributed by atoms with van der Waals surface area (Å²) in [5, 5.41) is 0. The van der Waals surface area contributed by atoms with Gasteiger partial charge in [0.15, 0.2) is 0 Å². The number of piperidine rings is 1. The summed E-state index contributed by atoms with van der Waals surface area (Å²) in [6.07, 6.45) is 10.1. The van der Waals surface area contributed by atoms with Gasteiger partial charge in [-0.3, -0.25) is 9.88 Å². The molecule has 0 saturated carbocycles. The number of hydrogen-bond donors (Lipinski definition) is 0. The van der Waals surface area contributed by atoms with Gasteiger partial charge in [-0.15, -0.1) is 0 Å². The van der Waals surface area contributed by atoms with Crippen LogP contribution < -0.4 is 0 Å². The second kappa shape index (κ2) is 5.53. The molecular weight excluding hydrogens is 236 g/mol. The van der Waals surface area contributed by atoms with E-state index in [-0.39, 0.29) is 0 Å². The van der Waals surface area contributed by atoms with E-state index in [0.29, 0.717) is 5.92 Å². The minimum Gasteiger partial charge on any atom is -0.337 e. The molecule has 3 rings (SSSR count). The van der Waals surface area contributed by atoms with Crippen LogP contribution in [-0.2, 0) is 13.6 Å². The lowest BCUT2D eigenvalue weighted by Crippen LogP contribution is -2.32. The predicted octanol–water partition coefficient (Wildman–Crippen LogP) is 2.19. The average Bonchev–Trinajstić information content (AvgIpc) is 2.87. The number of hydrogen-bond acceptors (Lipinski definition) is 3. The lowest BCUT2D eigenvalue weighted by Gasteiger charge is -2.32. The Hall–Kier alpha value is -1.68. The molecule has 1 aliphatic rings. The number of pyridine rings is 1. The molecule has 0 amide bonds. The summed E-state index contributed by atoms with van der Waals surface area (Å²) >= 11 is 0. The van der Waals surface area contributed by atoms with Crippen molar-refractivity contribution in [3.05, 3.63) is 48.3 Å². The highest BCUT2D eigenvalue weighted by Gasteiger charge is 2.22. The molecule has 0 unspecified atom stereocenters. The highest BCUT2D eigenvalue weighted by Crippen LogP contribution is 2.27.